The molecule has 14 rings (SSSR count). The molecule has 0 fully saturated rings. The summed E-state index contributed by atoms with van der Waals surface area (Å²) in [6, 6.07) is 69.1. The number of nitriles is 2. The fourth-order valence-electron chi connectivity index (χ4n) is 12.6. The number of halogens is 3. The largest absolute Gasteiger partial charge is 0.481 e. The van der Waals surface area contributed by atoms with Gasteiger partial charge in [-0.1, -0.05) is 165 Å². The number of aliphatic hydroxyl groups is 1. The first-order valence-corrected chi connectivity index (χ1v) is 42.2. The van der Waals surface area contributed by atoms with Crippen molar-refractivity contribution in [3.8, 4) is 34.4 Å². The zero-order chi connectivity index (χ0) is 82.4. The lowest BCUT2D eigenvalue weighted by atomic mass is 9.85. The predicted molar refractivity (Wildman–Crippen MR) is 475 cm³/mol. The molecule has 1 unspecified atom stereocenters. The van der Waals surface area contributed by atoms with E-state index < -0.39 is 39.7 Å². The molecular formula is C91H85Br3N2O12S5. The quantitative estimate of drug-likeness (QED) is 0.0521. The van der Waals surface area contributed by atoms with Gasteiger partial charge in [-0.25, -0.2) is 0 Å². The molecule has 113 heavy (non-hydrogen) atoms. The van der Waals surface area contributed by atoms with E-state index in [-0.39, 0.29) is 23.8 Å². The topological polar surface area (TPSA) is 227 Å². The molecule has 5 heterocycles. The molecule has 0 aliphatic heterocycles. The van der Waals surface area contributed by atoms with Crippen LogP contribution in [0.5, 0.6) is 0 Å². The lowest BCUT2D eigenvalue weighted by Gasteiger charge is -2.26. The average Bonchev–Trinajstić information content (AvgIpc) is 1.72. The van der Waals surface area contributed by atoms with Crippen LogP contribution in [0.3, 0.4) is 0 Å². The van der Waals surface area contributed by atoms with Crippen LogP contribution in [-0.4, -0.2) is 74.8 Å². The van der Waals surface area contributed by atoms with Crippen molar-refractivity contribution in [2.45, 2.75) is 94.6 Å². The maximum Gasteiger partial charge on any atom is 0.314 e. The lowest BCUT2D eigenvalue weighted by Crippen LogP contribution is -2.32. The summed E-state index contributed by atoms with van der Waals surface area (Å²) < 4.78 is 27.8. The van der Waals surface area contributed by atoms with Crippen molar-refractivity contribution in [3.05, 3.63) is 243 Å². The molecule has 1 atom stereocenters. The van der Waals surface area contributed by atoms with Crippen LogP contribution in [0, 0.1) is 50.2 Å². The number of carbonyl (C=O) groups excluding carboxylic acids is 5. The van der Waals surface area contributed by atoms with Gasteiger partial charge in [0.2, 0.25) is 0 Å². The molecule has 0 bridgehead atoms. The molecule has 582 valence electrons. The lowest BCUT2D eigenvalue weighted by molar-refractivity contribution is -0.157. The van der Waals surface area contributed by atoms with Gasteiger partial charge in [0.1, 0.15) is 6.10 Å². The monoisotopic (exact) mass is 1790 g/mol. The van der Waals surface area contributed by atoms with Crippen LogP contribution in [0.1, 0.15) is 116 Å². The van der Waals surface area contributed by atoms with Gasteiger partial charge in [0, 0.05) is 94.1 Å². The summed E-state index contributed by atoms with van der Waals surface area (Å²) >= 11 is 18.6. The smallest absolute Gasteiger partial charge is 0.314 e. The predicted octanol–water partition coefficient (Wildman–Crippen LogP) is 25.2. The number of ether oxygens (including phenoxy) is 4. The second-order valence-electron chi connectivity index (χ2n) is 29.3. The maximum absolute atomic E-state index is 12.1. The number of benzene rings is 9. The Labute approximate surface area is 702 Å². The number of carboxylic acids is 1. The number of esters is 4. The van der Waals surface area contributed by atoms with Gasteiger partial charge in [-0.2, -0.15) is 10.5 Å². The number of carboxylic acid groups (broad SMARTS) is 1. The summed E-state index contributed by atoms with van der Waals surface area (Å²) in [4.78, 5) is 72.8. The minimum Gasteiger partial charge on any atom is -0.481 e. The fraction of sp³-hybridized carbons (Fsp3) is 0.253. The van der Waals surface area contributed by atoms with Crippen LogP contribution in [0.15, 0.2) is 208 Å². The highest BCUT2D eigenvalue weighted by atomic mass is 79.9. The Morgan fingerprint density at radius 1 is 0.416 bits per heavy atom. The molecular weight excluding hydrogens is 1710 g/mol. The number of nitrogens with zero attached hydrogens (tertiary/aromatic N) is 2. The Hall–Kier alpha value is -9.30. The first-order chi connectivity index (χ1) is 53.6. The van der Waals surface area contributed by atoms with Gasteiger partial charge in [0.25, 0.3) is 0 Å². The van der Waals surface area contributed by atoms with Crippen molar-refractivity contribution in [2.24, 2.45) is 27.6 Å². The van der Waals surface area contributed by atoms with Gasteiger partial charge in [-0.05, 0) is 199 Å². The molecule has 0 amide bonds. The number of hydrogen-bond acceptors (Lipinski definition) is 18. The van der Waals surface area contributed by atoms with E-state index in [1.54, 1.807) is 75.6 Å². The molecule has 22 heteroatoms. The van der Waals surface area contributed by atoms with E-state index in [0.717, 1.165) is 113 Å². The Morgan fingerprint density at radius 3 is 1.11 bits per heavy atom. The number of aliphatic carboxylic acids is 1. The standard InChI is InChI=1S/C25H21NO2S.C24H19NO2S.C14H15BrO3S.C14H15BrO2S.C9H5BrOS.C5H10O2/c1-25(2,24(27)28-3)14-17-13-22-20(9-6-10-23(22)29-17)21-12-11-16(15-26)18-7-4-5-8-19(18)21;1-24(2,23(26)27)13-16-12-21-19(8-5-9-22(21)28-16)20-11-10-15(14-25)17-6-3-4-7-18(17)20;1-14(2,13(17)18-3)12(16)11-7-8-9(15)5-4-6-10(8)19-11;1-14(2,13(16)17-3)8-9-7-10-11(15)5-4-6-12(10)18-9;10-8-2-1-3-9-7(8)4-6(5-11)12-9;1-4(2)5(6)7-3/h4-13H,14H2,1-3H3;3-12H,13H2,1-2H3,(H,26,27);4-7,12,16H,1-3H3;4-7H,8H2,1-3H3;1-5H;4H,1-3H3. The fourth-order valence-corrected chi connectivity index (χ4v) is 20.6. The van der Waals surface area contributed by atoms with E-state index in [0.29, 0.717) is 30.4 Å². The van der Waals surface area contributed by atoms with E-state index >= 15 is 0 Å². The van der Waals surface area contributed by atoms with Crippen LogP contribution in [0.4, 0.5) is 0 Å². The highest BCUT2D eigenvalue weighted by Gasteiger charge is 2.39. The highest BCUT2D eigenvalue weighted by molar-refractivity contribution is 9.11. The van der Waals surface area contributed by atoms with Crippen molar-refractivity contribution < 1.29 is 57.9 Å². The van der Waals surface area contributed by atoms with Crippen LogP contribution in [0.25, 0.3) is 94.2 Å². The molecule has 14 aromatic rings. The average molecular weight is 1800 g/mol. The number of aliphatic hydroxyl groups excluding tert-OH is 1. The van der Waals surface area contributed by atoms with Gasteiger partial charge in [-0.3, -0.25) is 28.8 Å². The summed E-state index contributed by atoms with van der Waals surface area (Å²) in [5.74, 6) is -1.72. The normalized spacial score (nSPS) is 11.7. The van der Waals surface area contributed by atoms with Gasteiger partial charge in [0.15, 0.2) is 6.29 Å². The zero-order valence-corrected chi connectivity index (χ0v) is 73.7. The third kappa shape index (κ3) is 20.8. The van der Waals surface area contributed by atoms with Crippen LogP contribution < -0.4 is 0 Å². The van der Waals surface area contributed by atoms with Gasteiger partial charge >= 0.3 is 29.8 Å². The SMILES string of the molecule is CC(C)(Cc1cc2c(-c3ccc(C#N)c4ccccc34)cccc2s1)C(=O)O.COC(=O)C(C)(C)C(O)c1cc2c(Br)cccc2s1.COC(=O)C(C)(C)Cc1cc2c(-c3ccc(C#N)c4ccccc34)cccc2s1.COC(=O)C(C)(C)Cc1cc2c(Br)cccc2s1.COC(=O)C(C)C.O=Cc1cc2c(Br)cccc2s1. The van der Waals surface area contributed by atoms with Gasteiger partial charge < -0.3 is 29.2 Å². The maximum atomic E-state index is 12.1. The zero-order valence-electron chi connectivity index (χ0n) is 64.9. The van der Waals surface area contributed by atoms with E-state index in [4.69, 9.17) is 14.2 Å². The first kappa shape index (κ1) is 87.7. The molecule has 0 saturated carbocycles. The third-order valence-corrected chi connectivity index (χ3v) is 26.4. The first-order valence-electron chi connectivity index (χ1n) is 35.8. The molecule has 14 nitrogen and oxygen atoms in total. The van der Waals surface area contributed by atoms with Gasteiger partial charge in [-0.15, -0.1) is 56.7 Å². The van der Waals surface area contributed by atoms with Crippen molar-refractivity contribution >= 4 is 213 Å². The molecule has 5 aromatic heterocycles. The Morgan fingerprint density at radius 2 is 0.761 bits per heavy atom. The second kappa shape index (κ2) is 38.2. The van der Waals surface area contributed by atoms with Gasteiger partial charge in [0.05, 0.1) is 84.2 Å². The number of hydrogen-bond donors (Lipinski definition) is 2. The number of aldehydes is 1. The Kier molecular flexibility index (Phi) is 29.7. The molecule has 0 saturated heterocycles. The summed E-state index contributed by atoms with van der Waals surface area (Å²) in [5, 5.41) is 48.5. The van der Waals surface area contributed by atoms with Crippen molar-refractivity contribution in [1.29, 1.82) is 10.5 Å². The number of carbonyl (C=O) groups is 6. The van der Waals surface area contributed by atoms with Crippen LogP contribution >= 0.6 is 104 Å². The van der Waals surface area contributed by atoms with Crippen LogP contribution in [0.2, 0.25) is 0 Å². The summed E-state index contributed by atoms with van der Waals surface area (Å²) in [6.07, 6.45) is 1.83. The minimum absolute atomic E-state index is 0.00463. The van der Waals surface area contributed by atoms with Crippen molar-refractivity contribution in [2.75, 3.05) is 28.4 Å². The Bertz CT molecular complexity index is 5950. The summed E-state index contributed by atoms with van der Waals surface area (Å²) in [5.41, 5.74) is 2.96. The minimum atomic E-state index is -0.970. The van der Waals surface area contributed by atoms with E-state index in [2.05, 4.69) is 125 Å². The summed E-state index contributed by atoms with van der Waals surface area (Å²) in [7, 11) is 5.59. The molecule has 9 aromatic carbocycles. The number of thiophene rings is 5. The highest BCUT2D eigenvalue weighted by Crippen LogP contribution is 2.45. The number of fused-ring (bicyclic) bond motifs is 7. The summed E-state index contributed by atoms with van der Waals surface area (Å²) in [6.45, 7) is 18.1. The molecule has 2 N–H and O–H groups in total. The molecule has 0 radical (unpaired) electrons. The Balaban J connectivity index is 0.000000163. The molecule has 0 aliphatic rings. The van der Waals surface area contributed by atoms with Crippen molar-refractivity contribution in [3.63, 3.8) is 0 Å². The van der Waals surface area contributed by atoms with E-state index in [1.807, 2.05) is 161 Å². The second-order valence-corrected chi connectivity index (χ2v) is 37.6. The molecule has 0 spiro atoms. The van der Waals surface area contributed by atoms with E-state index in [1.165, 1.54) is 76.2 Å². The van der Waals surface area contributed by atoms with E-state index in [9.17, 15) is 49.5 Å². The molecule has 0 aliphatic carbocycles. The number of rotatable bonds is 16. The van der Waals surface area contributed by atoms with Crippen LogP contribution in [-0.2, 0) is 62.2 Å². The number of methoxy groups -OCH3 is 4. The third-order valence-electron chi connectivity index (χ3n) is 18.9. The van der Waals surface area contributed by atoms with Crippen molar-refractivity contribution in [1.82, 2.24) is 0 Å².